The number of rotatable bonds is 0. The molecule has 1 aliphatic rings. The molecule has 1 aliphatic heterocycles. The molecule has 0 aromatic rings. The molecule has 1 fully saturated rings. The second-order valence-electron chi connectivity index (χ2n) is 9.25. The zero-order valence-electron chi connectivity index (χ0n) is 19.3. The molecule has 0 aromatic heterocycles. The molecule has 0 amide bonds. The summed E-state index contributed by atoms with van der Waals surface area (Å²) in [7, 11) is 0. The standard InChI is InChI=1S/C26H50O3/c27-25-23-21-19-17-15-13-11-9-7-5-3-1-2-4-6-8-10-12-14-16-18-20-22-24-29-26(25)28/h25,27H,1-24H2/t25-/m0/s1. The third-order valence-corrected chi connectivity index (χ3v) is 6.39. The summed E-state index contributed by atoms with van der Waals surface area (Å²) in [6.45, 7) is 0.468. The van der Waals surface area contributed by atoms with Gasteiger partial charge in [-0.1, -0.05) is 135 Å². The number of carbonyl (C=O) groups excluding carboxylic acids is 1. The first-order chi connectivity index (χ1) is 14.3. The van der Waals surface area contributed by atoms with Crippen LogP contribution in [0.2, 0.25) is 0 Å². The average molecular weight is 411 g/mol. The predicted octanol–water partition coefficient (Wildman–Crippen LogP) is 7.88. The molecule has 3 nitrogen and oxygen atoms in total. The van der Waals surface area contributed by atoms with Crippen molar-refractivity contribution < 1.29 is 14.6 Å². The number of aliphatic hydroxyl groups excluding tert-OH is 1. The van der Waals surface area contributed by atoms with Gasteiger partial charge in [0.25, 0.3) is 0 Å². The summed E-state index contributed by atoms with van der Waals surface area (Å²) in [5.41, 5.74) is 0. The van der Waals surface area contributed by atoms with Crippen molar-refractivity contribution in [2.24, 2.45) is 0 Å². The summed E-state index contributed by atoms with van der Waals surface area (Å²) in [4.78, 5) is 11.8. The summed E-state index contributed by atoms with van der Waals surface area (Å²) in [6, 6.07) is 0. The molecule has 1 saturated heterocycles. The molecule has 172 valence electrons. The highest BCUT2D eigenvalue weighted by Gasteiger charge is 2.15. The minimum atomic E-state index is -0.919. The first-order valence-electron chi connectivity index (χ1n) is 13.2. The van der Waals surface area contributed by atoms with Gasteiger partial charge in [0.05, 0.1) is 6.61 Å². The molecule has 0 radical (unpaired) electrons. The second-order valence-corrected chi connectivity index (χ2v) is 9.25. The summed E-state index contributed by atoms with van der Waals surface area (Å²) < 4.78 is 5.24. The van der Waals surface area contributed by atoms with E-state index in [2.05, 4.69) is 0 Å². The van der Waals surface area contributed by atoms with Crippen LogP contribution in [0.5, 0.6) is 0 Å². The van der Waals surface area contributed by atoms with Crippen LogP contribution < -0.4 is 0 Å². The molecule has 0 spiro atoms. The Kier molecular flexibility index (Phi) is 18.9. The normalized spacial score (nSPS) is 25.6. The molecule has 0 aromatic carbocycles. The minimum absolute atomic E-state index is 0.414. The van der Waals surface area contributed by atoms with Gasteiger partial charge < -0.3 is 9.84 Å². The maximum Gasteiger partial charge on any atom is 0.334 e. The van der Waals surface area contributed by atoms with E-state index in [4.69, 9.17) is 4.74 Å². The first kappa shape index (κ1) is 26.5. The maximum absolute atomic E-state index is 11.8. The van der Waals surface area contributed by atoms with Crippen LogP contribution in [0, 0.1) is 0 Å². The number of hydrogen-bond donors (Lipinski definition) is 1. The molecular formula is C26H50O3. The van der Waals surface area contributed by atoms with Crippen molar-refractivity contribution in [2.75, 3.05) is 6.61 Å². The van der Waals surface area contributed by atoms with Crippen molar-refractivity contribution in [3.63, 3.8) is 0 Å². The maximum atomic E-state index is 11.8. The lowest BCUT2D eigenvalue weighted by Gasteiger charge is -2.10. The number of aliphatic hydroxyl groups is 1. The van der Waals surface area contributed by atoms with Crippen molar-refractivity contribution in [1.29, 1.82) is 0 Å². The lowest BCUT2D eigenvalue weighted by Crippen LogP contribution is -2.23. The second kappa shape index (κ2) is 20.7. The molecule has 1 heterocycles. The molecule has 1 atom stereocenters. The fourth-order valence-corrected chi connectivity index (χ4v) is 4.36. The SMILES string of the molecule is O=C1OCCCCCCCCCCCCCCCCCCCCCCCC[C@@H]1O. The Labute approximate surface area is 181 Å². The molecule has 0 unspecified atom stereocenters. The van der Waals surface area contributed by atoms with Crippen molar-refractivity contribution in [2.45, 2.75) is 154 Å². The topological polar surface area (TPSA) is 46.5 Å². The van der Waals surface area contributed by atoms with Crippen LogP contribution >= 0.6 is 0 Å². The highest BCUT2D eigenvalue weighted by molar-refractivity contribution is 5.74. The Hall–Kier alpha value is -0.570. The number of cyclic esters (lactones) is 1. The highest BCUT2D eigenvalue weighted by Crippen LogP contribution is 2.16. The van der Waals surface area contributed by atoms with Gasteiger partial charge in [0.15, 0.2) is 6.10 Å². The van der Waals surface area contributed by atoms with E-state index in [9.17, 15) is 9.90 Å². The smallest absolute Gasteiger partial charge is 0.334 e. The Balaban J connectivity index is 2.14. The first-order valence-corrected chi connectivity index (χ1v) is 13.2. The molecule has 3 heteroatoms. The van der Waals surface area contributed by atoms with Gasteiger partial charge in [-0.2, -0.15) is 0 Å². The van der Waals surface area contributed by atoms with E-state index in [0.717, 1.165) is 25.7 Å². The highest BCUT2D eigenvalue weighted by atomic mass is 16.5. The molecule has 1 N–H and O–H groups in total. The van der Waals surface area contributed by atoms with Crippen LogP contribution in [0.1, 0.15) is 148 Å². The number of ether oxygens (including phenoxy) is 1. The third kappa shape index (κ3) is 18.0. The Morgan fingerprint density at radius 3 is 1.10 bits per heavy atom. The molecule has 29 heavy (non-hydrogen) atoms. The number of esters is 1. The van der Waals surface area contributed by atoms with Gasteiger partial charge in [-0.25, -0.2) is 4.79 Å². The van der Waals surface area contributed by atoms with Gasteiger partial charge >= 0.3 is 5.97 Å². The van der Waals surface area contributed by atoms with Crippen LogP contribution in [0.25, 0.3) is 0 Å². The summed E-state index contributed by atoms with van der Waals surface area (Å²) in [6.07, 6.45) is 28.4. The summed E-state index contributed by atoms with van der Waals surface area (Å²) >= 11 is 0. The van der Waals surface area contributed by atoms with Gasteiger partial charge in [-0.05, 0) is 12.8 Å². The van der Waals surface area contributed by atoms with E-state index in [0.29, 0.717) is 13.0 Å². The minimum Gasteiger partial charge on any atom is -0.464 e. The average Bonchev–Trinajstić information content (AvgIpc) is 2.72. The summed E-state index contributed by atoms with van der Waals surface area (Å²) in [5, 5.41) is 9.93. The molecule has 0 aliphatic carbocycles. The number of hydrogen-bond acceptors (Lipinski definition) is 3. The molecule has 0 saturated carbocycles. The van der Waals surface area contributed by atoms with Gasteiger partial charge in [-0.3, -0.25) is 0 Å². The lowest BCUT2D eigenvalue weighted by atomic mass is 10.0. The van der Waals surface area contributed by atoms with Gasteiger partial charge in [0.1, 0.15) is 0 Å². The van der Waals surface area contributed by atoms with E-state index >= 15 is 0 Å². The number of carbonyl (C=O) groups is 1. The van der Waals surface area contributed by atoms with Crippen LogP contribution in [-0.2, 0) is 9.53 Å². The van der Waals surface area contributed by atoms with Crippen molar-refractivity contribution in [3.8, 4) is 0 Å². The van der Waals surface area contributed by atoms with Gasteiger partial charge in [0, 0.05) is 0 Å². The fourth-order valence-electron chi connectivity index (χ4n) is 4.36. The van der Waals surface area contributed by atoms with Crippen LogP contribution in [-0.4, -0.2) is 23.8 Å². The fraction of sp³-hybridized carbons (Fsp3) is 0.962. The zero-order valence-corrected chi connectivity index (χ0v) is 19.3. The summed E-state index contributed by atoms with van der Waals surface area (Å²) in [5.74, 6) is -0.414. The van der Waals surface area contributed by atoms with E-state index < -0.39 is 12.1 Å². The van der Waals surface area contributed by atoms with Crippen molar-refractivity contribution >= 4 is 5.97 Å². The van der Waals surface area contributed by atoms with Crippen molar-refractivity contribution in [3.05, 3.63) is 0 Å². The molecule has 0 bridgehead atoms. The molecular weight excluding hydrogens is 360 g/mol. The Morgan fingerprint density at radius 1 is 0.483 bits per heavy atom. The largest absolute Gasteiger partial charge is 0.464 e. The van der Waals surface area contributed by atoms with E-state index in [1.807, 2.05) is 0 Å². The third-order valence-electron chi connectivity index (χ3n) is 6.39. The van der Waals surface area contributed by atoms with Crippen LogP contribution in [0.15, 0.2) is 0 Å². The van der Waals surface area contributed by atoms with Crippen LogP contribution in [0.3, 0.4) is 0 Å². The van der Waals surface area contributed by atoms with Gasteiger partial charge in [-0.15, -0.1) is 0 Å². The Morgan fingerprint density at radius 2 is 0.759 bits per heavy atom. The predicted molar refractivity (Wildman–Crippen MR) is 123 cm³/mol. The van der Waals surface area contributed by atoms with E-state index in [1.54, 1.807) is 0 Å². The van der Waals surface area contributed by atoms with E-state index in [1.165, 1.54) is 116 Å². The van der Waals surface area contributed by atoms with Gasteiger partial charge in [0.2, 0.25) is 0 Å². The van der Waals surface area contributed by atoms with Crippen LogP contribution in [0.4, 0.5) is 0 Å². The molecule has 1 rings (SSSR count). The monoisotopic (exact) mass is 410 g/mol. The van der Waals surface area contributed by atoms with E-state index in [-0.39, 0.29) is 0 Å². The van der Waals surface area contributed by atoms with Crippen molar-refractivity contribution in [1.82, 2.24) is 0 Å². The zero-order chi connectivity index (χ0) is 20.8. The lowest BCUT2D eigenvalue weighted by molar-refractivity contribution is -0.154. The Bertz CT molecular complexity index is 356. The quantitative estimate of drug-likeness (QED) is 0.413.